The first kappa shape index (κ1) is 38.0. The molecule has 13 rings (SSSR count). The van der Waals surface area contributed by atoms with E-state index in [0.29, 0.717) is 0 Å². The minimum absolute atomic E-state index is 0.110. The largest absolute Gasteiger partial charge is 0.310 e. The summed E-state index contributed by atoms with van der Waals surface area (Å²) in [7, 11) is 0. The number of hydrogen-bond donors (Lipinski definition) is 0. The molecule has 0 spiro atoms. The molecule has 1 aliphatic carbocycles. The maximum Gasteiger partial charge on any atom is 0.0546 e. The molecule has 0 saturated carbocycles. The Bertz CT molecular complexity index is 3810. The Morgan fingerprint density at radius 3 is 1.47 bits per heavy atom. The SMILES string of the molecule is c1ccc(-c2ccc(N(c3ccc4c(c3)C(c3ccccc3)c3ccccc3-4)c3cccc(-c4cc5ccccc5c5ccccc45)c3-c3cc4ccccc4c4ccccc34)cc2)cc1. The quantitative estimate of drug-likeness (QED) is 0.145. The van der Waals surface area contributed by atoms with Crippen LogP contribution in [0.4, 0.5) is 17.1 Å². The molecule has 0 bridgehead atoms. The van der Waals surface area contributed by atoms with Gasteiger partial charge in [0.1, 0.15) is 0 Å². The Labute approximate surface area is 385 Å². The summed E-state index contributed by atoms with van der Waals surface area (Å²) >= 11 is 0. The third-order valence-corrected chi connectivity index (χ3v) is 13.9. The topological polar surface area (TPSA) is 3.24 Å². The zero-order valence-corrected chi connectivity index (χ0v) is 36.3. The first-order chi connectivity index (χ1) is 32.8. The van der Waals surface area contributed by atoms with Crippen LogP contribution in [-0.4, -0.2) is 0 Å². The van der Waals surface area contributed by atoms with Crippen molar-refractivity contribution < 1.29 is 0 Å². The van der Waals surface area contributed by atoms with E-state index in [0.717, 1.165) is 17.1 Å². The van der Waals surface area contributed by atoms with E-state index in [2.05, 4.69) is 260 Å². The van der Waals surface area contributed by atoms with E-state index in [9.17, 15) is 0 Å². The molecule has 308 valence electrons. The van der Waals surface area contributed by atoms with Gasteiger partial charge in [0.2, 0.25) is 0 Å². The Morgan fingerprint density at radius 1 is 0.273 bits per heavy atom. The Morgan fingerprint density at radius 2 is 0.773 bits per heavy atom. The molecule has 1 heteroatoms. The lowest BCUT2D eigenvalue weighted by atomic mass is 9.85. The molecule has 0 N–H and O–H groups in total. The van der Waals surface area contributed by atoms with Crippen LogP contribution in [0, 0.1) is 0 Å². The van der Waals surface area contributed by atoms with Gasteiger partial charge >= 0.3 is 0 Å². The van der Waals surface area contributed by atoms with Gasteiger partial charge in [-0.2, -0.15) is 0 Å². The number of fused-ring (bicyclic) bond motifs is 9. The standard InChI is InChI=1S/C65H43N/c1-3-18-43(19-4-1)44-34-36-48(37-35-44)66(49-38-39-57-54-28-15-16-31-58(54)64(62(57)42-49)45-20-5-2-6-21-45)63-33-17-32-59(60-40-46-22-7-9-24-50(46)52-26-11-13-29-55(52)60)65(63)61-41-47-23-8-10-25-51(47)53-27-12-14-30-56(53)61/h1-42,64H. The summed E-state index contributed by atoms with van der Waals surface area (Å²) in [5.74, 6) is 0.110. The fourth-order valence-corrected chi connectivity index (χ4v) is 11.0. The second-order valence-electron chi connectivity index (χ2n) is 17.5. The first-order valence-electron chi connectivity index (χ1n) is 23.0. The zero-order chi connectivity index (χ0) is 43.6. The van der Waals surface area contributed by atoms with Crippen LogP contribution in [0.15, 0.2) is 255 Å². The smallest absolute Gasteiger partial charge is 0.0546 e. The van der Waals surface area contributed by atoms with Crippen LogP contribution >= 0.6 is 0 Å². The van der Waals surface area contributed by atoms with Crippen molar-refractivity contribution in [2.45, 2.75) is 5.92 Å². The first-order valence-corrected chi connectivity index (χ1v) is 23.0. The molecule has 1 unspecified atom stereocenters. The van der Waals surface area contributed by atoms with Crippen LogP contribution in [0.5, 0.6) is 0 Å². The summed E-state index contributed by atoms with van der Waals surface area (Å²) in [5.41, 5.74) is 17.1. The maximum atomic E-state index is 2.52. The molecular weight excluding hydrogens is 795 g/mol. The second kappa shape index (κ2) is 15.6. The van der Waals surface area contributed by atoms with Gasteiger partial charge in [0.25, 0.3) is 0 Å². The lowest BCUT2D eigenvalue weighted by Crippen LogP contribution is -2.13. The molecule has 1 nitrogen and oxygen atoms in total. The van der Waals surface area contributed by atoms with E-state index in [1.54, 1.807) is 0 Å². The number of benzene rings is 12. The highest BCUT2D eigenvalue weighted by atomic mass is 15.1. The lowest BCUT2D eigenvalue weighted by molar-refractivity contribution is 1.01. The van der Waals surface area contributed by atoms with Gasteiger partial charge < -0.3 is 4.90 Å². The predicted molar refractivity (Wildman–Crippen MR) is 280 cm³/mol. The summed E-state index contributed by atoms with van der Waals surface area (Å²) in [6.07, 6.45) is 0. The molecule has 1 aliphatic rings. The van der Waals surface area contributed by atoms with Crippen LogP contribution < -0.4 is 4.90 Å². The van der Waals surface area contributed by atoms with E-state index < -0.39 is 0 Å². The van der Waals surface area contributed by atoms with Gasteiger partial charge in [-0.25, -0.2) is 0 Å². The van der Waals surface area contributed by atoms with Crippen LogP contribution in [0.2, 0.25) is 0 Å². The highest BCUT2D eigenvalue weighted by Crippen LogP contribution is 2.53. The van der Waals surface area contributed by atoms with Gasteiger partial charge in [0.05, 0.1) is 5.69 Å². The van der Waals surface area contributed by atoms with Crippen molar-refractivity contribution in [2.75, 3.05) is 4.90 Å². The van der Waals surface area contributed by atoms with E-state index in [1.165, 1.54) is 104 Å². The van der Waals surface area contributed by atoms with Gasteiger partial charge in [-0.3, -0.25) is 0 Å². The molecule has 0 heterocycles. The van der Waals surface area contributed by atoms with Crippen molar-refractivity contribution in [1.82, 2.24) is 0 Å². The molecule has 0 saturated heterocycles. The monoisotopic (exact) mass is 837 g/mol. The number of nitrogens with zero attached hydrogens (tertiary/aromatic N) is 1. The lowest BCUT2D eigenvalue weighted by Gasteiger charge is -2.31. The molecule has 0 fully saturated rings. The van der Waals surface area contributed by atoms with Crippen LogP contribution in [-0.2, 0) is 0 Å². The minimum Gasteiger partial charge on any atom is -0.310 e. The third-order valence-electron chi connectivity index (χ3n) is 13.9. The average Bonchev–Trinajstić information content (AvgIpc) is 3.72. The summed E-state index contributed by atoms with van der Waals surface area (Å²) in [6, 6.07) is 94.4. The molecule has 0 amide bonds. The summed E-state index contributed by atoms with van der Waals surface area (Å²) in [6.45, 7) is 0. The van der Waals surface area contributed by atoms with Crippen LogP contribution in [0.1, 0.15) is 22.6 Å². The van der Waals surface area contributed by atoms with Crippen molar-refractivity contribution in [3.63, 3.8) is 0 Å². The van der Waals surface area contributed by atoms with Gasteiger partial charge in [0, 0.05) is 22.9 Å². The Balaban J connectivity index is 1.14. The van der Waals surface area contributed by atoms with E-state index in [4.69, 9.17) is 0 Å². The molecule has 1 atom stereocenters. The fraction of sp³-hybridized carbons (Fsp3) is 0.0154. The number of rotatable bonds is 7. The van der Waals surface area contributed by atoms with Crippen molar-refractivity contribution in [2.24, 2.45) is 0 Å². The molecule has 12 aromatic carbocycles. The van der Waals surface area contributed by atoms with Gasteiger partial charge in [-0.05, 0) is 141 Å². The van der Waals surface area contributed by atoms with Gasteiger partial charge in [-0.1, -0.05) is 212 Å². The van der Waals surface area contributed by atoms with Crippen molar-refractivity contribution >= 4 is 60.2 Å². The third kappa shape index (κ3) is 6.16. The summed E-state index contributed by atoms with van der Waals surface area (Å²) < 4.78 is 0. The van der Waals surface area contributed by atoms with Crippen molar-refractivity contribution in [3.05, 3.63) is 271 Å². The maximum absolute atomic E-state index is 2.52. The highest BCUT2D eigenvalue weighted by molar-refractivity contribution is 6.20. The Hall–Kier alpha value is -8.52. The molecule has 0 aliphatic heterocycles. The summed E-state index contributed by atoms with van der Waals surface area (Å²) in [4.78, 5) is 2.52. The minimum atomic E-state index is 0.110. The normalized spacial score (nSPS) is 13.0. The van der Waals surface area contributed by atoms with E-state index in [-0.39, 0.29) is 5.92 Å². The van der Waals surface area contributed by atoms with Gasteiger partial charge in [-0.15, -0.1) is 0 Å². The Kier molecular flexibility index (Phi) is 8.99. The molecule has 0 aromatic heterocycles. The second-order valence-corrected chi connectivity index (χ2v) is 17.5. The highest BCUT2D eigenvalue weighted by Gasteiger charge is 2.32. The molecule has 66 heavy (non-hydrogen) atoms. The van der Waals surface area contributed by atoms with Crippen molar-refractivity contribution in [1.29, 1.82) is 0 Å². The zero-order valence-electron chi connectivity index (χ0n) is 36.3. The van der Waals surface area contributed by atoms with Crippen LogP contribution in [0.25, 0.3) is 87.6 Å². The molecule has 0 radical (unpaired) electrons. The molecular formula is C65H43N. The van der Waals surface area contributed by atoms with Crippen LogP contribution in [0.3, 0.4) is 0 Å². The van der Waals surface area contributed by atoms with Gasteiger partial charge in [0.15, 0.2) is 0 Å². The fourth-order valence-electron chi connectivity index (χ4n) is 11.0. The predicted octanol–water partition coefficient (Wildman–Crippen LogP) is 17.9. The summed E-state index contributed by atoms with van der Waals surface area (Å²) in [5, 5.41) is 9.92. The van der Waals surface area contributed by atoms with Crippen molar-refractivity contribution in [3.8, 4) is 44.5 Å². The van der Waals surface area contributed by atoms with E-state index >= 15 is 0 Å². The number of hydrogen-bond acceptors (Lipinski definition) is 1. The molecule has 12 aromatic rings. The number of anilines is 3. The average molecular weight is 838 g/mol. The van der Waals surface area contributed by atoms with E-state index in [1.807, 2.05) is 0 Å².